The highest BCUT2D eigenvalue weighted by molar-refractivity contribution is 6.74. The summed E-state index contributed by atoms with van der Waals surface area (Å²) in [5, 5.41) is 0.352. The van der Waals surface area contributed by atoms with E-state index < -0.39 is 16.6 Å². The molecule has 0 aliphatic rings. The summed E-state index contributed by atoms with van der Waals surface area (Å²) in [5.74, 6) is 1.67. The van der Waals surface area contributed by atoms with Gasteiger partial charge in [0.1, 0.15) is 24.7 Å². The lowest BCUT2D eigenvalue weighted by Crippen LogP contribution is -2.41. The third-order valence-corrected chi connectivity index (χ3v) is 21.1. The first kappa shape index (κ1) is 44.4. The number of para-hydroxylation sites is 2. The number of anilines is 6. The molecule has 314 valence electrons. The molecule has 0 fully saturated rings. The van der Waals surface area contributed by atoms with Gasteiger partial charge in [-0.15, -0.1) is 0 Å². The Hall–Kier alpha value is -5.13. The Kier molecular flexibility index (Phi) is 14.1. The minimum atomic E-state index is -1.81. The predicted molar refractivity (Wildman–Crippen MR) is 259 cm³/mol. The van der Waals surface area contributed by atoms with Gasteiger partial charge < -0.3 is 28.1 Å². The summed E-state index contributed by atoms with van der Waals surface area (Å²) >= 11 is 0. The van der Waals surface area contributed by atoms with E-state index in [0.717, 1.165) is 56.8 Å². The molecule has 0 heterocycles. The molecule has 60 heavy (non-hydrogen) atoms. The lowest BCUT2D eigenvalue weighted by Gasteiger charge is -2.36. The van der Waals surface area contributed by atoms with Crippen molar-refractivity contribution >= 4 is 50.8 Å². The van der Waals surface area contributed by atoms with Gasteiger partial charge in [-0.25, -0.2) is 0 Å². The first-order valence-electron chi connectivity index (χ1n) is 21.2. The zero-order chi connectivity index (χ0) is 43.0. The standard InChI is InChI=1S/C52H64N2O4Si2/c1-51(2,3)59(7,8)57-39-37-55-49-33-29-47(30-34-49)53(43-17-13-11-14-18-43)45-25-21-41(22-26-45)42-23-27-46(28-24-42)54(44-19-15-12-16-20-44)48-31-35-50(36-32-48)56-38-40-58-60(9,10)52(4,5)6/h11-36H,37-40H2,1-10H3. The van der Waals surface area contributed by atoms with E-state index in [9.17, 15) is 0 Å². The quantitative estimate of drug-likeness (QED) is 0.0673. The third-order valence-electron chi connectivity index (χ3n) is 12.0. The molecular formula is C52H64N2O4Si2. The first-order chi connectivity index (χ1) is 28.5. The molecule has 0 unspecified atom stereocenters. The van der Waals surface area contributed by atoms with Gasteiger partial charge in [-0.05, 0) is 144 Å². The van der Waals surface area contributed by atoms with Crippen LogP contribution in [0.3, 0.4) is 0 Å². The van der Waals surface area contributed by atoms with Crippen LogP contribution in [0.4, 0.5) is 34.1 Å². The Balaban J connectivity index is 1.15. The highest BCUT2D eigenvalue weighted by Gasteiger charge is 2.37. The fourth-order valence-corrected chi connectivity index (χ4v) is 8.44. The van der Waals surface area contributed by atoms with Crippen LogP contribution in [0.1, 0.15) is 41.5 Å². The van der Waals surface area contributed by atoms with Gasteiger partial charge in [-0.1, -0.05) is 102 Å². The lowest BCUT2D eigenvalue weighted by atomic mass is 10.0. The van der Waals surface area contributed by atoms with Crippen LogP contribution in [0.2, 0.25) is 36.3 Å². The maximum absolute atomic E-state index is 6.31. The van der Waals surface area contributed by atoms with Crippen LogP contribution in [0.25, 0.3) is 11.1 Å². The second kappa shape index (κ2) is 19.1. The van der Waals surface area contributed by atoms with Crippen LogP contribution >= 0.6 is 0 Å². The van der Waals surface area contributed by atoms with Gasteiger partial charge in [0.05, 0.1) is 13.2 Å². The SMILES string of the molecule is CC(C)(C)[Si](C)(C)OCCOc1ccc(N(c2ccccc2)c2ccc(-c3ccc(N(c4ccccc4)c4ccc(OCCO[Si](C)(C)C(C)(C)C)cc4)cc3)cc2)cc1. The minimum Gasteiger partial charge on any atom is -0.491 e. The van der Waals surface area contributed by atoms with Crippen LogP contribution in [-0.4, -0.2) is 43.1 Å². The van der Waals surface area contributed by atoms with Gasteiger partial charge in [0.25, 0.3) is 0 Å². The highest BCUT2D eigenvalue weighted by atomic mass is 28.4. The Morgan fingerprint density at radius 1 is 0.350 bits per heavy atom. The summed E-state index contributed by atoms with van der Waals surface area (Å²) < 4.78 is 24.8. The number of rotatable bonds is 17. The summed E-state index contributed by atoms with van der Waals surface area (Å²) in [6.45, 7) is 24.9. The number of hydrogen-bond donors (Lipinski definition) is 0. The van der Waals surface area contributed by atoms with E-state index in [-0.39, 0.29) is 10.1 Å². The molecule has 0 amide bonds. The van der Waals surface area contributed by atoms with Crippen LogP contribution in [0.5, 0.6) is 11.5 Å². The van der Waals surface area contributed by atoms with Gasteiger partial charge in [0.15, 0.2) is 16.6 Å². The summed E-state index contributed by atoms with van der Waals surface area (Å²) in [7, 11) is -3.62. The van der Waals surface area contributed by atoms with Crippen molar-refractivity contribution in [3.05, 3.63) is 158 Å². The van der Waals surface area contributed by atoms with Gasteiger partial charge in [0, 0.05) is 34.1 Å². The van der Waals surface area contributed by atoms with Crippen molar-refractivity contribution in [2.45, 2.75) is 77.8 Å². The average Bonchev–Trinajstić information content (AvgIpc) is 3.23. The van der Waals surface area contributed by atoms with Crippen molar-refractivity contribution < 1.29 is 18.3 Å². The van der Waals surface area contributed by atoms with Gasteiger partial charge in [-0.3, -0.25) is 0 Å². The van der Waals surface area contributed by atoms with Gasteiger partial charge in [0.2, 0.25) is 0 Å². The predicted octanol–water partition coefficient (Wildman–Crippen LogP) is 15.1. The second-order valence-corrected chi connectivity index (χ2v) is 28.0. The molecule has 0 aliphatic heterocycles. The van der Waals surface area contributed by atoms with Crippen molar-refractivity contribution in [1.29, 1.82) is 0 Å². The first-order valence-corrected chi connectivity index (χ1v) is 27.0. The van der Waals surface area contributed by atoms with E-state index in [1.807, 2.05) is 36.4 Å². The van der Waals surface area contributed by atoms with Crippen LogP contribution in [0, 0.1) is 0 Å². The molecule has 0 saturated carbocycles. The molecular weight excluding hydrogens is 773 g/mol. The molecule has 0 spiro atoms. The van der Waals surface area contributed by atoms with E-state index in [2.05, 4.69) is 199 Å². The zero-order valence-corrected chi connectivity index (χ0v) is 39.4. The summed E-state index contributed by atoms with van der Waals surface area (Å²) in [4.78, 5) is 4.54. The molecule has 8 heteroatoms. The number of ether oxygens (including phenoxy) is 2. The Morgan fingerprint density at radius 2 is 0.617 bits per heavy atom. The van der Waals surface area contributed by atoms with Crippen molar-refractivity contribution in [2.24, 2.45) is 0 Å². The molecule has 6 aromatic rings. The molecule has 0 radical (unpaired) electrons. The molecule has 6 aromatic carbocycles. The van der Waals surface area contributed by atoms with Crippen molar-refractivity contribution in [1.82, 2.24) is 0 Å². The molecule has 0 N–H and O–H groups in total. The number of nitrogens with zero attached hydrogens (tertiary/aromatic N) is 2. The fourth-order valence-electron chi connectivity index (χ4n) is 6.38. The summed E-state index contributed by atoms with van der Waals surface area (Å²) in [6.07, 6.45) is 0. The van der Waals surface area contributed by atoms with Crippen molar-refractivity contribution in [3.63, 3.8) is 0 Å². The monoisotopic (exact) mass is 836 g/mol. The molecule has 6 rings (SSSR count). The van der Waals surface area contributed by atoms with Gasteiger partial charge >= 0.3 is 0 Å². The smallest absolute Gasteiger partial charge is 0.192 e. The van der Waals surface area contributed by atoms with Crippen LogP contribution < -0.4 is 19.3 Å². The Morgan fingerprint density at radius 3 is 0.900 bits per heavy atom. The van der Waals surface area contributed by atoms with E-state index in [4.69, 9.17) is 18.3 Å². The topological polar surface area (TPSA) is 43.4 Å². The molecule has 6 nitrogen and oxygen atoms in total. The van der Waals surface area contributed by atoms with Gasteiger partial charge in [-0.2, -0.15) is 0 Å². The van der Waals surface area contributed by atoms with Crippen LogP contribution in [-0.2, 0) is 8.85 Å². The lowest BCUT2D eigenvalue weighted by molar-refractivity contribution is 0.203. The highest BCUT2D eigenvalue weighted by Crippen LogP contribution is 2.40. The number of benzene rings is 6. The van der Waals surface area contributed by atoms with E-state index in [0.29, 0.717) is 26.4 Å². The Labute approximate surface area is 362 Å². The zero-order valence-electron chi connectivity index (χ0n) is 37.4. The third kappa shape index (κ3) is 11.2. The largest absolute Gasteiger partial charge is 0.491 e. The number of hydrogen-bond acceptors (Lipinski definition) is 6. The molecule has 0 aliphatic carbocycles. The van der Waals surface area contributed by atoms with Crippen molar-refractivity contribution in [3.8, 4) is 22.6 Å². The van der Waals surface area contributed by atoms with Crippen molar-refractivity contribution in [2.75, 3.05) is 36.2 Å². The maximum Gasteiger partial charge on any atom is 0.192 e. The molecule has 0 atom stereocenters. The molecule has 0 bridgehead atoms. The summed E-state index contributed by atoms with van der Waals surface area (Å²) in [6, 6.07) is 55.2. The normalized spacial score (nSPS) is 12.2. The van der Waals surface area contributed by atoms with E-state index >= 15 is 0 Å². The minimum absolute atomic E-state index is 0.176. The van der Waals surface area contributed by atoms with Crippen LogP contribution in [0.15, 0.2) is 158 Å². The maximum atomic E-state index is 6.31. The summed E-state index contributed by atoms with van der Waals surface area (Å²) in [5.41, 5.74) is 8.72. The second-order valence-electron chi connectivity index (χ2n) is 18.3. The fraction of sp³-hybridized carbons (Fsp3) is 0.308. The molecule has 0 saturated heterocycles. The molecule has 0 aromatic heterocycles. The van der Waals surface area contributed by atoms with E-state index in [1.54, 1.807) is 0 Å². The van der Waals surface area contributed by atoms with E-state index in [1.165, 1.54) is 0 Å². The average molecular weight is 837 g/mol. The Bertz CT molecular complexity index is 2050.